The second-order valence-corrected chi connectivity index (χ2v) is 7.62. The van der Waals surface area contributed by atoms with Crippen molar-refractivity contribution in [3.63, 3.8) is 0 Å². The molecule has 0 unspecified atom stereocenters. The Labute approximate surface area is 149 Å². The molecule has 136 valence electrons. The number of pyridine rings is 1. The molecule has 1 aliphatic rings. The normalized spacial score (nSPS) is 17.0. The fourth-order valence-corrected chi connectivity index (χ4v) is 2.54. The number of carbonyl (C=O) groups is 2. The van der Waals surface area contributed by atoms with Gasteiger partial charge in [0.15, 0.2) is 0 Å². The van der Waals surface area contributed by atoms with Crippen LogP contribution < -0.4 is 10.6 Å². The van der Waals surface area contributed by atoms with Gasteiger partial charge >= 0.3 is 6.09 Å². The van der Waals surface area contributed by atoms with Crippen LogP contribution in [0.2, 0.25) is 0 Å². The molecule has 6 heteroatoms. The van der Waals surface area contributed by atoms with E-state index in [4.69, 9.17) is 4.74 Å². The molecule has 2 rings (SSSR count). The lowest BCUT2D eigenvalue weighted by molar-refractivity contribution is -0.118. The third kappa shape index (κ3) is 6.57. The molecule has 1 saturated carbocycles. The van der Waals surface area contributed by atoms with Gasteiger partial charge in [-0.2, -0.15) is 0 Å². The zero-order valence-electron chi connectivity index (χ0n) is 15.3. The number of aromatic nitrogens is 1. The highest BCUT2D eigenvalue weighted by molar-refractivity contribution is 5.92. The molecule has 25 heavy (non-hydrogen) atoms. The number of rotatable bonds is 6. The minimum atomic E-state index is -0.547. The smallest absolute Gasteiger partial charge is 0.407 e. The first kappa shape index (κ1) is 19.0. The van der Waals surface area contributed by atoms with Gasteiger partial charge in [0.25, 0.3) is 0 Å². The van der Waals surface area contributed by atoms with E-state index in [-0.39, 0.29) is 5.91 Å². The van der Waals surface area contributed by atoms with Crippen molar-refractivity contribution >= 4 is 18.1 Å². The number of carbonyl (C=O) groups excluding carboxylic acids is 2. The minimum absolute atomic E-state index is 0.203. The Bertz CT molecular complexity index is 633. The van der Waals surface area contributed by atoms with Gasteiger partial charge in [-0.15, -0.1) is 0 Å². The van der Waals surface area contributed by atoms with Gasteiger partial charge in [0.1, 0.15) is 5.60 Å². The quantitative estimate of drug-likeness (QED) is 0.777. The second kappa shape index (κ2) is 7.68. The van der Waals surface area contributed by atoms with Gasteiger partial charge in [-0.25, -0.2) is 4.79 Å². The second-order valence-electron chi connectivity index (χ2n) is 7.62. The van der Waals surface area contributed by atoms with Gasteiger partial charge < -0.3 is 15.4 Å². The highest BCUT2D eigenvalue weighted by atomic mass is 16.6. The summed E-state index contributed by atoms with van der Waals surface area (Å²) >= 11 is 0. The van der Waals surface area contributed by atoms with Gasteiger partial charge in [0.2, 0.25) is 5.91 Å². The number of alkyl carbamates (subject to hydrolysis) is 1. The fourth-order valence-electron chi connectivity index (χ4n) is 2.54. The fraction of sp³-hybridized carbons (Fsp3) is 0.526. The largest absolute Gasteiger partial charge is 0.444 e. The Balaban J connectivity index is 1.91. The molecule has 1 fully saturated rings. The number of ether oxygens (including phenoxy) is 1. The zero-order chi connectivity index (χ0) is 18.5. The maximum absolute atomic E-state index is 12.3. The molecule has 0 spiro atoms. The SMILES string of the molecule is CC(C)(C)OC(=O)NC[C@@](C)(NC(=O)/C=C\c1ccccn1)C1CC1. The summed E-state index contributed by atoms with van der Waals surface area (Å²) in [7, 11) is 0. The standard InChI is InChI=1S/C19H27N3O3/c1-18(2,3)25-17(24)21-13-19(4,14-8-9-14)22-16(23)11-10-15-7-5-6-12-20-15/h5-7,10-12,14H,8-9,13H2,1-4H3,(H,21,24)(H,22,23)/b11-10-/t19-/m1/s1. The Morgan fingerprint density at radius 1 is 1.28 bits per heavy atom. The van der Waals surface area contributed by atoms with E-state index in [1.54, 1.807) is 12.3 Å². The van der Waals surface area contributed by atoms with Gasteiger partial charge in [0, 0.05) is 18.8 Å². The van der Waals surface area contributed by atoms with Crippen LogP contribution in [-0.2, 0) is 9.53 Å². The van der Waals surface area contributed by atoms with Crippen molar-refractivity contribution in [3.05, 3.63) is 36.2 Å². The molecule has 0 saturated heterocycles. The van der Waals surface area contributed by atoms with E-state index in [1.807, 2.05) is 45.9 Å². The maximum atomic E-state index is 12.3. The molecular weight excluding hydrogens is 318 g/mol. The van der Waals surface area contributed by atoms with Crippen molar-refractivity contribution in [2.45, 2.75) is 51.7 Å². The summed E-state index contributed by atoms with van der Waals surface area (Å²) in [6.45, 7) is 7.73. The highest BCUT2D eigenvalue weighted by Gasteiger charge is 2.42. The van der Waals surface area contributed by atoms with Crippen LogP contribution in [0.5, 0.6) is 0 Å². The van der Waals surface area contributed by atoms with Crippen molar-refractivity contribution in [1.29, 1.82) is 0 Å². The first-order valence-electron chi connectivity index (χ1n) is 8.56. The number of nitrogens with one attached hydrogen (secondary N) is 2. The van der Waals surface area contributed by atoms with Crippen LogP contribution in [-0.4, -0.2) is 34.7 Å². The Kier molecular flexibility index (Phi) is 5.82. The molecule has 2 amide bonds. The van der Waals surface area contributed by atoms with Crippen molar-refractivity contribution in [3.8, 4) is 0 Å². The average molecular weight is 345 g/mol. The highest BCUT2D eigenvalue weighted by Crippen LogP contribution is 2.39. The van der Waals surface area contributed by atoms with Crippen LogP contribution in [0.4, 0.5) is 4.79 Å². The van der Waals surface area contributed by atoms with Gasteiger partial charge in [-0.1, -0.05) is 6.07 Å². The number of nitrogens with zero attached hydrogens (tertiary/aromatic N) is 1. The first-order chi connectivity index (χ1) is 11.7. The lowest BCUT2D eigenvalue weighted by Crippen LogP contribution is -2.55. The van der Waals surface area contributed by atoms with E-state index in [2.05, 4.69) is 15.6 Å². The molecule has 1 aromatic rings. The van der Waals surface area contributed by atoms with Crippen molar-refractivity contribution in [2.75, 3.05) is 6.54 Å². The topological polar surface area (TPSA) is 80.3 Å². The summed E-state index contributed by atoms with van der Waals surface area (Å²) < 4.78 is 5.26. The minimum Gasteiger partial charge on any atom is -0.444 e. The van der Waals surface area contributed by atoms with Crippen molar-refractivity contribution < 1.29 is 14.3 Å². The molecule has 1 aromatic heterocycles. The third-order valence-corrected chi connectivity index (χ3v) is 3.98. The van der Waals surface area contributed by atoms with E-state index < -0.39 is 17.2 Å². The van der Waals surface area contributed by atoms with Gasteiger partial charge in [0.05, 0.1) is 11.2 Å². The molecular formula is C19H27N3O3. The van der Waals surface area contributed by atoms with Crippen LogP contribution in [0.15, 0.2) is 30.5 Å². The van der Waals surface area contributed by atoms with Crippen LogP contribution >= 0.6 is 0 Å². The Morgan fingerprint density at radius 2 is 2.00 bits per heavy atom. The third-order valence-electron chi connectivity index (χ3n) is 3.98. The summed E-state index contributed by atoms with van der Waals surface area (Å²) in [6, 6.07) is 5.52. The molecule has 0 bridgehead atoms. The molecule has 1 aliphatic carbocycles. The Morgan fingerprint density at radius 3 is 2.56 bits per heavy atom. The molecule has 0 radical (unpaired) electrons. The summed E-state index contributed by atoms with van der Waals surface area (Å²) in [6.07, 6.45) is 6.42. The zero-order valence-corrected chi connectivity index (χ0v) is 15.3. The molecule has 0 aromatic carbocycles. The van der Waals surface area contributed by atoms with Crippen molar-refractivity contribution in [1.82, 2.24) is 15.6 Å². The average Bonchev–Trinajstić information content (AvgIpc) is 3.36. The van der Waals surface area contributed by atoms with Gasteiger partial charge in [-0.05, 0) is 64.7 Å². The van der Waals surface area contributed by atoms with Crippen LogP contribution in [0.3, 0.4) is 0 Å². The summed E-state index contributed by atoms with van der Waals surface area (Å²) in [5.41, 5.74) is -0.324. The van der Waals surface area contributed by atoms with E-state index >= 15 is 0 Å². The van der Waals surface area contributed by atoms with Crippen molar-refractivity contribution in [2.24, 2.45) is 5.92 Å². The molecule has 0 aliphatic heterocycles. The lowest BCUT2D eigenvalue weighted by Gasteiger charge is -2.31. The van der Waals surface area contributed by atoms with E-state index in [0.717, 1.165) is 18.5 Å². The lowest BCUT2D eigenvalue weighted by atomic mass is 9.95. The number of hydrogen-bond donors (Lipinski definition) is 2. The van der Waals surface area contributed by atoms with Crippen LogP contribution in [0, 0.1) is 5.92 Å². The maximum Gasteiger partial charge on any atom is 0.407 e. The number of hydrogen-bond acceptors (Lipinski definition) is 4. The van der Waals surface area contributed by atoms with Crippen LogP contribution in [0.25, 0.3) is 6.08 Å². The first-order valence-corrected chi connectivity index (χ1v) is 8.56. The molecule has 1 atom stereocenters. The van der Waals surface area contributed by atoms with E-state index in [0.29, 0.717) is 12.5 Å². The van der Waals surface area contributed by atoms with E-state index in [1.165, 1.54) is 6.08 Å². The summed E-state index contributed by atoms with van der Waals surface area (Å²) in [5.74, 6) is 0.153. The van der Waals surface area contributed by atoms with E-state index in [9.17, 15) is 9.59 Å². The summed E-state index contributed by atoms with van der Waals surface area (Å²) in [5, 5.41) is 5.79. The monoisotopic (exact) mass is 345 g/mol. The molecule has 6 nitrogen and oxygen atoms in total. The number of amides is 2. The molecule has 2 N–H and O–H groups in total. The van der Waals surface area contributed by atoms with Crippen LogP contribution in [0.1, 0.15) is 46.2 Å². The Hall–Kier alpha value is -2.37. The predicted molar refractivity (Wildman–Crippen MR) is 96.8 cm³/mol. The predicted octanol–water partition coefficient (Wildman–Crippen LogP) is 2.90. The molecule has 1 heterocycles. The summed E-state index contributed by atoms with van der Waals surface area (Å²) in [4.78, 5) is 28.3. The van der Waals surface area contributed by atoms with Gasteiger partial charge in [-0.3, -0.25) is 9.78 Å².